The normalized spacial score (nSPS) is 13.8. The Labute approximate surface area is 117 Å². The molecule has 1 rings (SSSR count). The molecule has 0 aliphatic carbocycles. The van der Waals surface area contributed by atoms with Crippen LogP contribution in [0.2, 0.25) is 5.02 Å². The van der Waals surface area contributed by atoms with Gasteiger partial charge >= 0.3 is 0 Å². The zero-order valence-electron chi connectivity index (χ0n) is 10.6. The molecule has 0 radical (unpaired) electrons. The smallest absolute Gasteiger partial charge is 0.0479 e. The van der Waals surface area contributed by atoms with Gasteiger partial charge in [-0.25, -0.2) is 0 Å². The minimum absolute atomic E-state index is 0.380. The van der Waals surface area contributed by atoms with Crippen LogP contribution in [0, 0.1) is 0 Å². The summed E-state index contributed by atoms with van der Waals surface area (Å²) < 4.78 is 1.05. The van der Waals surface area contributed by atoms with E-state index in [1.54, 1.807) is 0 Å². The molecule has 0 saturated heterocycles. The molecule has 0 spiro atoms. The summed E-state index contributed by atoms with van der Waals surface area (Å²) in [5.41, 5.74) is 2.35. The van der Waals surface area contributed by atoms with Crippen molar-refractivity contribution in [1.29, 1.82) is 0 Å². The number of rotatable bonds is 5. The van der Waals surface area contributed by atoms with Crippen molar-refractivity contribution in [3.8, 4) is 0 Å². The van der Waals surface area contributed by atoms with Crippen LogP contribution in [-0.2, 0) is 0 Å². The lowest BCUT2D eigenvalue weighted by Gasteiger charge is -2.14. The van der Waals surface area contributed by atoms with Crippen molar-refractivity contribution >= 4 is 33.6 Å². The lowest BCUT2D eigenvalue weighted by atomic mass is 10.1. The van der Waals surface area contributed by atoms with Gasteiger partial charge in [0, 0.05) is 15.5 Å². The Morgan fingerprint density at radius 3 is 2.88 bits per heavy atom. The first kappa shape index (κ1) is 14.7. The first-order chi connectivity index (χ1) is 8.04. The number of nitrogens with one attached hydrogen (secondary N) is 1. The van der Waals surface area contributed by atoms with Gasteiger partial charge in [0.1, 0.15) is 0 Å². The number of halogens is 2. The van der Waals surface area contributed by atoms with E-state index in [0.717, 1.165) is 28.0 Å². The Balaban J connectivity index is 2.82. The van der Waals surface area contributed by atoms with Gasteiger partial charge in [0.05, 0.1) is 0 Å². The lowest BCUT2D eigenvalue weighted by molar-refractivity contribution is 0.604. The molecular weight excluding hydrogens is 298 g/mol. The molecule has 0 aliphatic rings. The van der Waals surface area contributed by atoms with E-state index in [9.17, 15) is 0 Å². The summed E-state index contributed by atoms with van der Waals surface area (Å²) in [6.45, 7) is 7.51. The predicted octanol–water partition coefficient (Wildman–Crippen LogP) is 4.89. The Morgan fingerprint density at radius 1 is 1.53 bits per heavy atom. The van der Waals surface area contributed by atoms with E-state index < -0.39 is 0 Å². The van der Waals surface area contributed by atoms with Crippen molar-refractivity contribution < 1.29 is 0 Å². The van der Waals surface area contributed by atoms with Gasteiger partial charge in [-0.05, 0) is 50.6 Å². The van der Waals surface area contributed by atoms with Crippen molar-refractivity contribution in [3.63, 3.8) is 0 Å². The average Bonchev–Trinajstić information content (AvgIpc) is 2.30. The number of benzene rings is 1. The fraction of sp³-hybridized carbons (Fsp3) is 0.429. The van der Waals surface area contributed by atoms with Crippen molar-refractivity contribution in [2.75, 3.05) is 6.54 Å². The van der Waals surface area contributed by atoms with Crippen LogP contribution in [0.5, 0.6) is 0 Å². The Bertz CT molecular complexity index is 401. The molecule has 3 heteroatoms. The standard InChI is InChI=1S/C14H19BrClN/c1-4-7-17-11(3)10(2)8-12-9-13(15)5-6-14(12)16/h5-6,8-9,11,17H,4,7H2,1-3H3/b10-8+. The number of hydrogen-bond acceptors (Lipinski definition) is 1. The molecule has 1 aromatic rings. The molecule has 0 amide bonds. The molecule has 1 atom stereocenters. The molecule has 0 bridgehead atoms. The second-order valence-corrected chi connectivity index (χ2v) is 5.55. The highest BCUT2D eigenvalue weighted by Gasteiger charge is 2.04. The van der Waals surface area contributed by atoms with Crippen molar-refractivity contribution in [3.05, 3.63) is 38.8 Å². The summed E-state index contributed by atoms with van der Waals surface area (Å²) >= 11 is 9.63. The molecule has 1 aromatic carbocycles. The topological polar surface area (TPSA) is 12.0 Å². The maximum Gasteiger partial charge on any atom is 0.0479 e. The molecule has 1 unspecified atom stereocenters. The van der Waals surface area contributed by atoms with Crippen LogP contribution in [0.4, 0.5) is 0 Å². The van der Waals surface area contributed by atoms with Gasteiger partial charge in [0.15, 0.2) is 0 Å². The fourth-order valence-corrected chi connectivity index (χ4v) is 2.07. The highest BCUT2D eigenvalue weighted by Crippen LogP contribution is 2.23. The van der Waals surface area contributed by atoms with E-state index in [1.165, 1.54) is 5.57 Å². The van der Waals surface area contributed by atoms with Gasteiger partial charge in [-0.2, -0.15) is 0 Å². The van der Waals surface area contributed by atoms with Crippen molar-refractivity contribution in [2.24, 2.45) is 0 Å². The second kappa shape index (κ2) is 7.20. The first-order valence-electron chi connectivity index (χ1n) is 5.91. The van der Waals surface area contributed by atoms with Gasteiger partial charge in [-0.3, -0.25) is 0 Å². The monoisotopic (exact) mass is 315 g/mol. The predicted molar refractivity (Wildman–Crippen MR) is 80.6 cm³/mol. The van der Waals surface area contributed by atoms with E-state index in [4.69, 9.17) is 11.6 Å². The lowest BCUT2D eigenvalue weighted by Crippen LogP contribution is -2.27. The second-order valence-electron chi connectivity index (χ2n) is 4.23. The van der Waals surface area contributed by atoms with Gasteiger partial charge in [-0.15, -0.1) is 0 Å². The molecule has 94 valence electrons. The van der Waals surface area contributed by atoms with Gasteiger partial charge in [-0.1, -0.05) is 46.1 Å². The van der Waals surface area contributed by atoms with E-state index in [-0.39, 0.29) is 0 Å². The third-order valence-electron chi connectivity index (χ3n) is 2.72. The molecule has 1 nitrogen and oxygen atoms in total. The van der Waals surface area contributed by atoms with Crippen LogP contribution in [0.1, 0.15) is 32.8 Å². The molecule has 1 N–H and O–H groups in total. The van der Waals surface area contributed by atoms with Crippen LogP contribution in [-0.4, -0.2) is 12.6 Å². The summed E-state index contributed by atoms with van der Waals surface area (Å²) in [4.78, 5) is 0. The van der Waals surface area contributed by atoms with Crippen molar-refractivity contribution in [1.82, 2.24) is 5.32 Å². The van der Waals surface area contributed by atoms with Crippen LogP contribution in [0.15, 0.2) is 28.2 Å². The SMILES string of the molecule is CCCNC(C)/C(C)=C/c1cc(Br)ccc1Cl. The zero-order valence-corrected chi connectivity index (χ0v) is 12.9. The van der Waals surface area contributed by atoms with Crippen LogP contribution >= 0.6 is 27.5 Å². The van der Waals surface area contributed by atoms with Gasteiger partial charge in [0.2, 0.25) is 0 Å². The quantitative estimate of drug-likeness (QED) is 0.815. The fourth-order valence-electron chi connectivity index (χ4n) is 1.52. The van der Waals surface area contributed by atoms with Gasteiger partial charge in [0.25, 0.3) is 0 Å². The third-order valence-corrected chi connectivity index (χ3v) is 3.56. The first-order valence-corrected chi connectivity index (χ1v) is 7.08. The van der Waals surface area contributed by atoms with E-state index >= 15 is 0 Å². The minimum atomic E-state index is 0.380. The Kier molecular flexibility index (Phi) is 6.24. The third kappa shape index (κ3) is 4.82. The summed E-state index contributed by atoms with van der Waals surface area (Å²) in [5.74, 6) is 0. The molecule has 0 fully saturated rings. The average molecular weight is 317 g/mol. The summed E-state index contributed by atoms with van der Waals surface area (Å²) in [5, 5.41) is 4.25. The highest BCUT2D eigenvalue weighted by molar-refractivity contribution is 9.10. The van der Waals surface area contributed by atoms with E-state index in [1.807, 2.05) is 18.2 Å². The van der Waals surface area contributed by atoms with Gasteiger partial charge < -0.3 is 5.32 Å². The molecule has 17 heavy (non-hydrogen) atoms. The summed E-state index contributed by atoms with van der Waals surface area (Å²) in [7, 11) is 0. The van der Waals surface area contributed by atoms with E-state index in [0.29, 0.717) is 6.04 Å². The zero-order chi connectivity index (χ0) is 12.8. The van der Waals surface area contributed by atoms with Crippen LogP contribution in [0.3, 0.4) is 0 Å². The molecular formula is C14H19BrClN. The van der Waals surface area contributed by atoms with Crippen molar-refractivity contribution in [2.45, 2.75) is 33.2 Å². The molecule has 0 aromatic heterocycles. The molecule has 0 saturated carbocycles. The minimum Gasteiger partial charge on any atom is -0.311 e. The maximum atomic E-state index is 6.16. The molecule has 0 heterocycles. The Hall–Kier alpha value is -0.310. The van der Waals surface area contributed by atoms with E-state index in [2.05, 4.69) is 48.1 Å². The highest BCUT2D eigenvalue weighted by atomic mass is 79.9. The van der Waals surface area contributed by atoms with Crippen LogP contribution < -0.4 is 5.32 Å². The number of hydrogen-bond donors (Lipinski definition) is 1. The molecule has 0 aliphatic heterocycles. The maximum absolute atomic E-state index is 6.16. The largest absolute Gasteiger partial charge is 0.311 e. The summed E-state index contributed by atoms with van der Waals surface area (Å²) in [6, 6.07) is 6.28. The Morgan fingerprint density at radius 2 is 2.24 bits per heavy atom. The summed E-state index contributed by atoms with van der Waals surface area (Å²) in [6.07, 6.45) is 3.29. The van der Waals surface area contributed by atoms with Crippen LogP contribution in [0.25, 0.3) is 6.08 Å².